The van der Waals surface area contributed by atoms with Crippen LogP contribution in [0.1, 0.15) is 77.6 Å². The van der Waals surface area contributed by atoms with E-state index in [9.17, 15) is 4.79 Å². The van der Waals surface area contributed by atoms with E-state index in [1.165, 1.54) is 32.1 Å². The molecule has 0 aromatic carbocycles. The van der Waals surface area contributed by atoms with Gasteiger partial charge in [0.25, 0.3) is 0 Å². The number of hydrogen-bond acceptors (Lipinski definition) is 4. The van der Waals surface area contributed by atoms with E-state index in [-0.39, 0.29) is 17.9 Å². The average molecular weight is 361 g/mol. The smallest absolute Gasteiger partial charge is 0.306 e. The predicted octanol–water partition coefficient (Wildman–Crippen LogP) is 4.71. The van der Waals surface area contributed by atoms with Crippen molar-refractivity contribution in [2.45, 2.75) is 83.7 Å². The zero-order chi connectivity index (χ0) is 18.8. The fourth-order valence-corrected chi connectivity index (χ4v) is 3.95. The summed E-state index contributed by atoms with van der Waals surface area (Å²) in [6.45, 7) is 2.26. The van der Waals surface area contributed by atoms with Gasteiger partial charge in [-0.15, -0.1) is 0 Å². The lowest BCUT2D eigenvalue weighted by Gasteiger charge is -2.27. The van der Waals surface area contributed by atoms with Crippen LogP contribution in [0, 0.1) is 11.8 Å². The Labute approximate surface area is 158 Å². The molecule has 2 aliphatic carbocycles. The van der Waals surface area contributed by atoms with Crippen LogP contribution >= 0.6 is 0 Å². The van der Waals surface area contributed by atoms with E-state index in [2.05, 4.69) is 25.2 Å². The molecule has 0 radical (unpaired) electrons. The molecule has 2 aliphatic rings. The second-order valence-electron chi connectivity index (χ2n) is 7.80. The van der Waals surface area contributed by atoms with Crippen molar-refractivity contribution in [2.75, 3.05) is 0 Å². The Hall–Kier alpha value is -1.71. The van der Waals surface area contributed by atoms with Crippen LogP contribution in [0.5, 0.6) is 0 Å². The third kappa shape index (κ3) is 7.67. The quantitative estimate of drug-likeness (QED) is 0.485. The minimum absolute atomic E-state index is 0.0839. The number of rotatable bonds is 8. The fraction of sp³-hybridized carbons (Fsp3) is 0.682. The lowest BCUT2D eigenvalue weighted by molar-refractivity contribution is -0.150. The minimum Gasteiger partial charge on any atom is -0.462 e. The standard InChI is InChI=1S/C22H36N2O2/c1-2-4-17-7-9-18(10-8-17)11-12-19-13-15-20(16-14-19)26-22(25)6-3-5-21(23)24/h5,7,11-12,18-20H,2-4,6,8-10,13-16,23-24H2,1H3/b12-11+. The van der Waals surface area contributed by atoms with E-state index in [0.717, 1.165) is 25.7 Å². The van der Waals surface area contributed by atoms with Gasteiger partial charge in [-0.25, -0.2) is 0 Å². The number of ether oxygens (including phenoxy) is 1. The lowest BCUT2D eigenvalue weighted by Crippen LogP contribution is -2.24. The molecule has 2 rings (SSSR count). The molecule has 26 heavy (non-hydrogen) atoms. The summed E-state index contributed by atoms with van der Waals surface area (Å²) < 4.78 is 5.57. The van der Waals surface area contributed by atoms with Crippen molar-refractivity contribution in [3.8, 4) is 0 Å². The average Bonchev–Trinajstić information content (AvgIpc) is 2.62. The summed E-state index contributed by atoms with van der Waals surface area (Å²) >= 11 is 0. The highest BCUT2D eigenvalue weighted by Crippen LogP contribution is 2.31. The SMILES string of the molecule is CCCC1=CCC(/C=C/C2CCC(OC(=O)CCC=C(N)N)CC2)CC1. The normalized spacial score (nSPS) is 26.3. The molecule has 1 unspecified atom stereocenters. The molecule has 0 aromatic heterocycles. The van der Waals surface area contributed by atoms with E-state index in [1.807, 2.05) is 0 Å². The predicted molar refractivity (Wildman–Crippen MR) is 107 cm³/mol. The van der Waals surface area contributed by atoms with Crippen LogP contribution in [-0.2, 0) is 9.53 Å². The molecule has 0 heterocycles. The van der Waals surface area contributed by atoms with Gasteiger partial charge in [0.15, 0.2) is 0 Å². The summed E-state index contributed by atoms with van der Waals surface area (Å²) in [5.74, 6) is 1.48. The third-order valence-corrected chi connectivity index (χ3v) is 5.52. The molecular weight excluding hydrogens is 324 g/mol. The monoisotopic (exact) mass is 360 g/mol. The number of hydrogen-bond donors (Lipinski definition) is 2. The van der Waals surface area contributed by atoms with Gasteiger partial charge in [0.05, 0.1) is 5.82 Å². The minimum atomic E-state index is -0.140. The van der Waals surface area contributed by atoms with Crippen molar-refractivity contribution in [3.05, 3.63) is 35.7 Å². The maximum Gasteiger partial charge on any atom is 0.306 e. The molecule has 1 fully saturated rings. The first-order valence-electron chi connectivity index (χ1n) is 10.3. The highest BCUT2D eigenvalue weighted by atomic mass is 16.5. The third-order valence-electron chi connectivity index (χ3n) is 5.52. The highest BCUT2D eigenvalue weighted by Gasteiger charge is 2.22. The topological polar surface area (TPSA) is 78.3 Å². The van der Waals surface area contributed by atoms with Crippen molar-refractivity contribution in [1.82, 2.24) is 0 Å². The van der Waals surface area contributed by atoms with Crippen LogP contribution < -0.4 is 11.5 Å². The number of nitrogens with two attached hydrogens (primary N) is 2. The Kier molecular flexibility index (Phi) is 8.79. The van der Waals surface area contributed by atoms with E-state index in [1.54, 1.807) is 11.6 Å². The molecule has 0 saturated heterocycles. The van der Waals surface area contributed by atoms with Crippen molar-refractivity contribution in [1.29, 1.82) is 0 Å². The summed E-state index contributed by atoms with van der Waals surface area (Å²) in [6.07, 6.45) is 20.5. The fourth-order valence-electron chi connectivity index (χ4n) is 3.95. The zero-order valence-electron chi connectivity index (χ0n) is 16.3. The molecule has 146 valence electrons. The van der Waals surface area contributed by atoms with Gasteiger partial charge >= 0.3 is 5.97 Å². The Morgan fingerprint density at radius 2 is 1.88 bits per heavy atom. The lowest BCUT2D eigenvalue weighted by atomic mass is 9.84. The molecule has 0 aliphatic heterocycles. The van der Waals surface area contributed by atoms with Gasteiger partial charge < -0.3 is 16.2 Å². The maximum atomic E-state index is 11.8. The largest absolute Gasteiger partial charge is 0.462 e. The van der Waals surface area contributed by atoms with E-state index in [0.29, 0.717) is 24.7 Å². The zero-order valence-corrected chi connectivity index (χ0v) is 16.3. The molecule has 0 bridgehead atoms. The van der Waals surface area contributed by atoms with E-state index in [4.69, 9.17) is 16.2 Å². The van der Waals surface area contributed by atoms with Crippen LogP contribution in [-0.4, -0.2) is 12.1 Å². The van der Waals surface area contributed by atoms with Crippen LogP contribution in [0.3, 0.4) is 0 Å². The first kappa shape index (κ1) is 20.6. The summed E-state index contributed by atoms with van der Waals surface area (Å²) in [5, 5.41) is 0. The molecule has 1 atom stereocenters. The van der Waals surface area contributed by atoms with Crippen molar-refractivity contribution >= 4 is 5.97 Å². The van der Waals surface area contributed by atoms with Gasteiger partial charge in [-0.05, 0) is 75.7 Å². The van der Waals surface area contributed by atoms with Gasteiger partial charge in [0.2, 0.25) is 0 Å². The second-order valence-corrected chi connectivity index (χ2v) is 7.80. The van der Waals surface area contributed by atoms with Crippen LogP contribution in [0.25, 0.3) is 0 Å². The maximum absolute atomic E-state index is 11.8. The van der Waals surface area contributed by atoms with Crippen molar-refractivity contribution < 1.29 is 9.53 Å². The van der Waals surface area contributed by atoms with Gasteiger partial charge in [-0.1, -0.05) is 37.1 Å². The number of allylic oxidation sites excluding steroid dienone is 5. The molecule has 1 saturated carbocycles. The van der Waals surface area contributed by atoms with Gasteiger partial charge in [0.1, 0.15) is 6.10 Å². The van der Waals surface area contributed by atoms with Gasteiger partial charge in [-0.3, -0.25) is 4.79 Å². The number of esters is 1. The van der Waals surface area contributed by atoms with Crippen LogP contribution in [0.4, 0.5) is 0 Å². The Balaban J connectivity index is 1.64. The summed E-state index contributed by atoms with van der Waals surface area (Å²) in [4.78, 5) is 11.8. The molecule has 0 aromatic rings. The molecular formula is C22H36N2O2. The van der Waals surface area contributed by atoms with Gasteiger partial charge in [0, 0.05) is 6.42 Å². The first-order chi connectivity index (χ1) is 12.6. The summed E-state index contributed by atoms with van der Waals surface area (Å²) in [6, 6.07) is 0. The number of carbonyl (C=O) groups excluding carboxylic acids is 1. The molecule has 4 heteroatoms. The van der Waals surface area contributed by atoms with E-state index < -0.39 is 0 Å². The molecule has 4 N–H and O–H groups in total. The van der Waals surface area contributed by atoms with Gasteiger partial charge in [-0.2, -0.15) is 0 Å². The summed E-state index contributed by atoms with van der Waals surface area (Å²) in [5.41, 5.74) is 12.4. The highest BCUT2D eigenvalue weighted by molar-refractivity contribution is 5.69. The first-order valence-corrected chi connectivity index (χ1v) is 10.3. The van der Waals surface area contributed by atoms with Crippen LogP contribution in [0.15, 0.2) is 35.7 Å². The summed E-state index contributed by atoms with van der Waals surface area (Å²) in [7, 11) is 0. The number of carbonyl (C=O) groups is 1. The Bertz CT molecular complexity index is 524. The second kappa shape index (κ2) is 11.1. The van der Waals surface area contributed by atoms with Crippen molar-refractivity contribution in [3.63, 3.8) is 0 Å². The molecule has 0 amide bonds. The molecule has 0 spiro atoms. The van der Waals surface area contributed by atoms with Crippen molar-refractivity contribution in [2.24, 2.45) is 23.3 Å². The Morgan fingerprint density at radius 1 is 1.15 bits per heavy atom. The molecule has 4 nitrogen and oxygen atoms in total. The van der Waals surface area contributed by atoms with Crippen LogP contribution in [0.2, 0.25) is 0 Å². The van der Waals surface area contributed by atoms with E-state index >= 15 is 0 Å². The Morgan fingerprint density at radius 3 is 2.50 bits per heavy atom.